The predicted octanol–water partition coefficient (Wildman–Crippen LogP) is 1.59. The van der Waals surface area contributed by atoms with Crippen LogP contribution in [0.2, 0.25) is 0 Å². The molecule has 0 heterocycles. The van der Waals surface area contributed by atoms with Gasteiger partial charge in [0.2, 0.25) is 0 Å². The first kappa shape index (κ1) is 11.3. The molecule has 0 atom stereocenters. The molecule has 68 valence electrons. The van der Waals surface area contributed by atoms with Crippen LogP contribution in [0.5, 0.6) is 0 Å². The van der Waals surface area contributed by atoms with E-state index in [9.17, 15) is 4.79 Å². The van der Waals surface area contributed by atoms with Crippen molar-refractivity contribution in [1.29, 1.82) is 0 Å². The van der Waals surface area contributed by atoms with E-state index in [1.54, 1.807) is 0 Å². The molecule has 0 unspecified atom stereocenters. The van der Waals surface area contributed by atoms with Crippen LogP contribution in [0.4, 0.5) is 0 Å². The number of thioether (sulfide) groups is 1. The van der Waals surface area contributed by atoms with Gasteiger partial charge in [0.1, 0.15) is 0 Å². The third-order valence-corrected chi connectivity index (χ3v) is 1.71. The molecule has 0 aliphatic carbocycles. The number of carbonyl (C=O) groups excluding carboxylic acids is 1. The smallest absolute Gasteiger partial charge is 0.185 e. The normalized spacial score (nSPS) is 9.08. The Hall–Kier alpha value is -0.710. The number of ether oxygens (including phenoxy) is 1. The van der Waals surface area contributed by atoms with Crippen molar-refractivity contribution >= 4 is 16.9 Å². The van der Waals surface area contributed by atoms with Gasteiger partial charge in [0.25, 0.3) is 0 Å². The van der Waals surface area contributed by atoms with Gasteiger partial charge in [-0.15, -0.1) is 0 Å². The van der Waals surface area contributed by atoms with Gasteiger partial charge < -0.3 is 4.74 Å². The highest BCUT2D eigenvalue weighted by atomic mass is 32.2. The number of azide groups is 1. The third kappa shape index (κ3) is 9.29. The summed E-state index contributed by atoms with van der Waals surface area (Å²) in [6.45, 7) is 2.81. The molecule has 0 aliphatic rings. The second-order valence-electron chi connectivity index (χ2n) is 1.91. The monoisotopic (exact) mass is 189 g/mol. The SMILES string of the molecule is CC(=O)SCCOCCN=[N+]=[N-]. The van der Waals surface area contributed by atoms with Gasteiger partial charge in [0.15, 0.2) is 5.12 Å². The maximum absolute atomic E-state index is 10.4. The van der Waals surface area contributed by atoms with E-state index in [0.717, 1.165) is 0 Å². The van der Waals surface area contributed by atoms with Gasteiger partial charge in [-0.1, -0.05) is 16.9 Å². The van der Waals surface area contributed by atoms with Crippen molar-refractivity contribution in [3.63, 3.8) is 0 Å². The summed E-state index contributed by atoms with van der Waals surface area (Å²) in [5.41, 5.74) is 7.90. The molecule has 5 nitrogen and oxygen atoms in total. The summed E-state index contributed by atoms with van der Waals surface area (Å²) in [6.07, 6.45) is 0. The van der Waals surface area contributed by atoms with Crippen LogP contribution in [0.25, 0.3) is 10.4 Å². The third-order valence-electron chi connectivity index (χ3n) is 0.932. The van der Waals surface area contributed by atoms with Crippen molar-refractivity contribution in [2.75, 3.05) is 25.5 Å². The summed E-state index contributed by atoms with van der Waals surface area (Å²) in [4.78, 5) is 13.0. The van der Waals surface area contributed by atoms with Crippen LogP contribution in [-0.2, 0) is 9.53 Å². The van der Waals surface area contributed by atoms with E-state index < -0.39 is 0 Å². The summed E-state index contributed by atoms with van der Waals surface area (Å²) in [5.74, 6) is 0.658. The lowest BCUT2D eigenvalue weighted by Crippen LogP contribution is -2.02. The number of hydrogen-bond donors (Lipinski definition) is 0. The van der Waals surface area contributed by atoms with Crippen LogP contribution in [0.1, 0.15) is 6.92 Å². The van der Waals surface area contributed by atoms with E-state index in [1.807, 2.05) is 0 Å². The van der Waals surface area contributed by atoms with E-state index in [0.29, 0.717) is 25.5 Å². The van der Waals surface area contributed by atoms with Gasteiger partial charge >= 0.3 is 0 Å². The zero-order chi connectivity index (χ0) is 9.23. The van der Waals surface area contributed by atoms with Crippen LogP contribution in [0.15, 0.2) is 5.11 Å². The molecular weight excluding hydrogens is 178 g/mol. The Labute approximate surface area is 75.1 Å². The fourth-order valence-corrected chi connectivity index (χ4v) is 0.985. The Morgan fingerprint density at radius 3 is 3.00 bits per heavy atom. The Morgan fingerprint density at radius 1 is 1.67 bits per heavy atom. The van der Waals surface area contributed by atoms with Crippen molar-refractivity contribution in [1.82, 2.24) is 0 Å². The molecule has 6 heteroatoms. The lowest BCUT2D eigenvalue weighted by molar-refractivity contribution is -0.109. The summed E-state index contributed by atoms with van der Waals surface area (Å²) in [5, 5.41) is 3.38. The molecule has 0 amide bonds. The molecule has 0 radical (unpaired) electrons. The second kappa shape index (κ2) is 8.39. The van der Waals surface area contributed by atoms with Gasteiger partial charge in [-0.2, -0.15) is 0 Å². The van der Waals surface area contributed by atoms with Crippen molar-refractivity contribution < 1.29 is 9.53 Å². The summed E-state index contributed by atoms with van der Waals surface area (Å²) in [7, 11) is 0. The average molecular weight is 189 g/mol. The minimum absolute atomic E-state index is 0.0913. The first-order valence-electron chi connectivity index (χ1n) is 3.49. The molecule has 0 rings (SSSR count). The van der Waals surface area contributed by atoms with Crippen molar-refractivity contribution in [2.45, 2.75) is 6.92 Å². The quantitative estimate of drug-likeness (QED) is 0.275. The minimum Gasteiger partial charge on any atom is -0.380 e. The first-order valence-corrected chi connectivity index (χ1v) is 4.48. The Morgan fingerprint density at radius 2 is 2.42 bits per heavy atom. The minimum atomic E-state index is 0.0913. The largest absolute Gasteiger partial charge is 0.380 e. The average Bonchev–Trinajstić information content (AvgIpc) is 2.02. The van der Waals surface area contributed by atoms with Gasteiger partial charge in [-0.25, -0.2) is 0 Å². The highest BCUT2D eigenvalue weighted by Gasteiger charge is 1.92. The molecular formula is C6H11N3O2S. The zero-order valence-electron chi connectivity index (χ0n) is 6.89. The van der Waals surface area contributed by atoms with E-state index in [1.165, 1.54) is 18.7 Å². The molecule has 0 aromatic heterocycles. The standard InChI is InChI=1S/C6H11N3O2S/c1-6(10)12-5-4-11-3-2-8-9-7/h2-5H2,1H3. The second-order valence-corrected chi connectivity index (χ2v) is 3.18. The van der Waals surface area contributed by atoms with Crippen LogP contribution in [-0.4, -0.2) is 30.6 Å². The predicted molar refractivity (Wildman–Crippen MR) is 48.0 cm³/mol. The Balaban J connectivity index is 3.00. The fraction of sp³-hybridized carbons (Fsp3) is 0.833. The van der Waals surface area contributed by atoms with E-state index in [2.05, 4.69) is 10.0 Å². The Kier molecular flexibility index (Phi) is 7.89. The summed E-state index contributed by atoms with van der Waals surface area (Å²) >= 11 is 1.23. The number of hydrogen-bond acceptors (Lipinski definition) is 4. The molecule has 0 N–H and O–H groups in total. The Bertz CT molecular complexity index is 174. The molecule has 12 heavy (non-hydrogen) atoms. The maximum atomic E-state index is 10.4. The molecule has 0 fully saturated rings. The van der Waals surface area contributed by atoms with Crippen LogP contribution < -0.4 is 0 Å². The number of rotatable bonds is 6. The van der Waals surface area contributed by atoms with E-state index >= 15 is 0 Å². The molecule has 0 spiro atoms. The molecule has 0 saturated carbocycles. The van der Waals surface area contributed by atoms with Crippen molar-refractivity contribution in [2.24, 2.45) is 5.11 Å². The fourth-order valence-electron chi connectivity index (χ4n) is 0.496. The van der Waals surface area contributed by atoms with Gasteiger partial charge in [-0.05, 0) is 5.53 Å². The van der Waals surface area contributed by atoms with Gasteiger partial charge in [-0.3, -0.25) is 4.79 Å². The van der Waals surface area contributed by atoms with Gasteiger partial charge in [0, 0.05) is 24.1 Å². The van der Waals surface area contributed by atoms with Crippen LogP contribution >= 0.6 is 11.8 Å². The lowest BCUT2D eigenvalue weighted by atomic mass is 10.7. The van der Waals surface area contributed by atoms with Crippen LogP contribution in [0.3, 0.4) is 0 Å². The van der Waals surface area contributed by atoms with Gasteiger partial charge in [0.05, 0.1) is 13.2 Å². The summed E-state index contributed by atoms with van der Waals surface area (Å²) in [6, 6.07) is 0. The molecule has 0 aromatic carbocycles. The topological polar surface area (TPSA) is 75.1 Å². The molecule has 0 bridgehead atoms. The summed E-state index contributed by atoms with van der Waals surface area (Å²) < 4.78 is 5.05. The molecule has 0 aliphatic heterocycles. The zero-order valence-corrected chi connectivity index (χ0v) is 7.71. The first-order chi connectivity index (χ1) is 5.77. The van der Waals surface area contributed by atoms with Crippen molar-refractivity contribution in [3.8, 4) is 0 Å². The molecule has 0 aromatic rings. The van der Waals surface area contributed by atoms with E-state index in [4.69, 9.17) is 10.3 Å². The van der Waals surface area contributed by atoms with Crippen molar-refractivity contribution in [3.05, 3.63) is 10.4 Å². The highest BCUT2D eigenvalue weighted by molar-refractivity contribution is 8.13. The lowest BCUT2D eigenvalue weighted by Gasteiger charge is -1.98. The number of carbonyl (C=O) groups is 1. The molecule has 0 saturated heterocycles. The van der Waals surface area contributed by atoms with E-state index in [-0.39, 0.29) is 5.12 Å². The number of nitrogens with zero attached hydrogens (tertiary/aromatic N) is 3. The van der Waals surface area contributed by atoms with Crippen LogP contribution in [0, 0.1) is 0 Å². The highest BCUT2D eigenvalue weighted by Crippen LogP contribution is 1.99. The maximum Gasteiger partial charge on any atom is 0.185 e.